The number of aliphatic hydroxyl groups excluding tert-OH is 1. The summed E-state index contributed by atoms with van der Waals surface area (Å²) in [6, 6.07) is 16.6. The van der Waals surface area contributed by atoms with E-state index in [0.717, 1.165) is 28.6 Å². The predicted octanol–water partition coefficient (Wildman–Crippen LogP) is 5.65. The van der Waals surface area contributed by atoms with E-state index in [1.165, 1.54) is 16.5 Å². The molecule has 0 aliphatic carbocycles. The van der Waals surface area contributed by atoms with Gasteiger partial charge in [-0.15, -0.1) is 0 Å². The van der Waals surface area contributed by atoms with Gasteiger partial charge < -0.3 is 10.0 Å². The summed E-state index contributed by atoms with van der Waals surface area (Å²) >= 11 is 7.88. The molecule has 5 heteroatoms. The van der Waals surface area contributed by atoms with Crippen LogP contribution >= 0.6 is 23.4 Å². The molecule has 3 nitrogen and oxygen atoms in total. The van der Waals surface area contributed by atoms with Gasteiger partial charge in [0.2, 0.25) is 5.52 Å². The Morgan fingerprint density at radius 2 is 2.03 bits per heavy atom. The van der Waals surface area contributed by atoms with E-state index in [-0.39, 0.29) is 6.61 Å². The molecule has 0 unspecified atom stereocenters. The summed E-state index contributed by atoms with van der Waals surface area (Å²) in [7, 11) is 0. The average molecular weight is 424 g/mol. The van der Waals surface area contributed by atoms with Crippen LogP contribution in [0.4, 0.5) is 5.69 Å². The molecule has 4 rings (SSSR count). The van der Waals surface area contributed by atoms with Crippen molar-refractivity contribution in [2.24, 2.45) is 0 Å². The number of aromatic nitrogens is 1. The number of rotatable bonds is 6. The molecule has 1 aliphatic heterocycles. The second kappa shape index (κ2) is 9.04. The molecular weight excluding hydrogens is 400 g/mol. The molecule has 148 valence electrons. The number of anilines is 1. The van der Waals surface area contributed by atoms with Crippen LogP contribution in [0.25, 0.3) is 17.0 Å². The Kier molecular flexibility index (Phi) is 6.24. The summed E-state index contributed by atoms with van der Waals surface area (Å²) in [5, 5.41) is 12.5. The van der Waals surface area contributed by atoms with Crippen molar-refractivity contribution in [3.05, 3.63) is 82.5 Å². The summed E-state index contributed by atoms with van der Waals surface area (Å²) in [5.41, 5.74) is 3.51. The summed E-state index contributed by atoms with van der Waals surface area (Å²) < 4.78 is 2.31. The van der Waals surface area contributed by atoms with E-state index in [0.29, 0.717) is 11.6 Å². The summed E-state index contributed by atoms with van der Waals surface area (Å²) in [4.78, 5) is 3.28. The Morgan fingerprint density at radius 3 is 2.86 bits per heavy atom. The minimum Gasteiger partial charge on any atom is -0.395 e. The third kappa shape index (κ3) is 4.20. The molecule has 0 atom stereocenters. The molecule has 0 fully saturated rings. The molecule has 2 heterocycles. The first-order valence-electron chi connectivity index (χ1n) is 9.86. The number of allylic oxidation sites excluding steroid dienone is 2. The van der Waals surface area contributed by atoms with Gasteiger partial charge in [-0.2, -0.15) is 4.57 Å². The number of aryl methyl sites for hydroxylation is 1. The first-order valence-corrected chi connectivity index (χ1v) is 11.1. The number of thioether (sulfide) groups is 1. The van der Waals surface area contributed by atoms with Crippen molar-refractivity contribution in [2.45, 2.75) is 24.8 Å². The molecule has 0 radical (unpaired) electrons. The summed E-state index contributed by atoms with van der Waals surface area (Å²) in [6.45, 7) is 3.85. The Morgan fingerprint density at radius 1 is 1.17 bits per heavy atom. The summed E-state index contributed by atoms with van der Waals surface area (Å²) in [5.74, 6) is 0. The zero-order valence-electron chi connectivity index (χ0n) is 16.4. The lowest BCUT2D eigenvalue weighted by molar-refractivity contribution is -0.671. The molecule has 0 amide bonds. The monoisotopic (exact) mass is 423 g/mol. The van der Waals surface area contributed by atoms with E-state index < -0.39 is 0 Å². The molecule has 1 aromatic heterocycles. The van der Waals surface area contributed by atoms with Crippen LogP contribution in [-0.2, 0) is 6.54 Å². The van der Waals surface area contributed by atoms with Crippen LogP contribution in [-0.4, -0.2) is 18.3 Å². The molecular formula is C24H24ClN2OS+. The van der Waals surface area contributed by atoms with Crippen molar-refractivity contribution in [3.8, 4) is 0 Å². The second-order valence-corrected chi connectivity index (χ2v) is 8.43. The van der Waals surface area contributed by atoms with Crippen molar-refractivity contribution in [2.75, 3.05) is 18.1 Å². The largest absolute Gasteiger partial charge is 0.395 e. The van der Waals surface area contributed by atoms with Gasteiger partial charge in [-0.25, -0.2) is 0 Å². The molecule has 0 bridgehead atoms. The molecule has 1 N–H and O–H groups in total. The lowest BCUT2D eigenvalue weighted by Crippen LogP contribution is -2.33. The maximum Gasteiger partial charge on any atom is 0.213 e. The standard InChI is InChI=1S/C24H24ClN2OS/c1-2-13-26-14-12-18(20-7-3-4-8-21(20)26)6-5-9-24-27(15-16-28)22-17-19(25)10-11-23(22)29-24/h3-12,14,17,28H,2,13,15-16H2,1H3/q+1. The van der Waals surface area contributed by atoms with Crippen LogP contribution in [0.2, 0.25) is 5.02 Å². The second-order valence-electron chi connectivity index (χ2n) is 6.93. The van der Waals surface area contributed by atoms with Gasteiger partial charge in [0.25, 0.3) is 0 Å². The minimum absolute atomic E-state index is 0.0916. The number of nitrogens with zero attached hydrogens (tertiary/aromatic N) is 2. The average Bonchev–Trinajstić information content (AvgIpc) is 3.07. The molecule has 2 aromatic carbocycles. The third-order valence-corrected chi connectivity index (χ3v) is 6.32. The fourth-order valence-corrected chi connectivity index (χ4v) is 4.90. The predicted molar refractivity (Wildman–Crippen MR) is 123 cm³/mol. The molecule has 0 saturated heterocycles. The number of hydrogen-bond acceptors (Lipinski definition) is 3. The Labute approximate surface area is 180 Å². The van der Waals surface area contributed by atoms with Crippen molar-refractivity contribution >= 4 is 46.0 Å². The topological polar surface area (TPSA) is 27.4 Å². The maximum atomic E-state index is 9.50. The van der Waals surface area contributed by atoms with Crippen molar-refractivity contribution < 1.29 is 9.67 Å². The highest BCUT2D eigenvalue weighted by Gasteiger charge is 2.24. The quantitative estimate of drug-likeness (QED) is 0.519. The number of fused-ring (bicyclic) bond motifs is 2. The molecule has 0 saturated carbocycles. The molecule has 29 heavy (non-hydrogen) atoms. The number of para-hydroxylation sites is 1. The smallest absolute Gasteiger partial charge is 0.213 e. The number of pyridine rings is 1. The van der Waals surface area contributed by atoms with Gasteiger partial charge in [-0.05, 0) is 35.9 Å². The lowest BCUT2D eigenvalue weighted by atomic mass is 10.1. The Bertz CT molecular complexity index is 1090. The lowest BCUT2D eigenvalue weighted by Gasteiger charge is -2.18. The minimum atomic E-state index is 0.0916. The van der Waals surface area contributed by atoms with Crippen LogP contribution in [0, 0.1) is 0 Å². The van der Waals surface area contributed by atoms with Gasteiger partial charge in [0.15, 0.2) is 6.20 Å². The van der Waals surface area contributed by atoms with Gasteiger partial charge in [0, 0.05) is 35.0 Å². The Balaban J connectivity index is 1.65. The van der Waals surface area contributed by atoms with Crippen LogP contribution < -0.4 is 9.47 Å². The van der Waals surface area contributed by atoms with E-state index in [1.54, 1.807) is 11.8 Å². The number of halogens is 1. The van der Waals surface area contributed by atoms with Gasteiger partial charge in [-0.3, -0.25) is 0 Å². The summed E-state index contributed by atoms with van der Waals surface area (Å²) in [6.07, 6.45) is 9.62. The van der Waals surface area contributed by atoms with E-state index in [2.05, 4.69) is 71.1 Å². The zero-order chi connectivity index (χ0) is 20.2. The molecule has 0 spiro atoms. The van der Waals surface area contributed by atoms with E-state index in [4.69, 9.17) is 11.6 Å². The van der Waals surface area contributed by atoms with Crippen molar-refractivity contribution in [1.29, 1.82) is 0 Å². The highest BCUT2D eigenvalue weighted by molar-refractivity contribution is 8.03. The fraction of sp³-hybridized carbons (Fsp3) is 0.208. The van der Waals surface area contributed by atoms with Gasteiger partial charge in [0.05, 0.1) is 22.7 Å². The van der Waals surface area contributed by atoms with Gasteiger partial charge in [-0.1, -0.05) is 54.6 Å². The van der Waals surface area contributed by atoms with Gasteiger partial charge >= 0.3 is 0 Å². The molecule has 1 aliphatic rings. The van der Waals surface area contributed by atoms with E-state index in [1.807, 2.05) is 18.2 Å². The van der Waals surface area contributed by atoms with Crippen LogP contribution in [0.3, 0.4) is 0 Å². The maximum absolute atomic E-state index is 9.50. The number of aliphatic hydroxyl groups is 1. The van der Waals surface area contributed by atoms with E-state index in [9.17, 15) is 5.11 Å². The highest BCUT2D eigenvalue weighted by Crippen LogP contribution is 2.46. The first kappa shape index (κ1) is 20.0. The van der Waals surface area contributed by atoms with Crippen molar-refractivity contribution in [3.63, 3.8) is 0 Å². The van der Waals surface area contributed by atoms with Gasteiger partial charge in [0.1, 0.15) is 6.54 Å². The third-order valence-electron chi connectivity index (χ3n) is 4.95. The van der Waals surface area contributed by atoms with Crippen LogP contribution in [0.1, 0.15) is 18.9 Å². The molecule has 3 aromatic rings. The zero-order valence-corrected chi connectivity index (χ0v) is 18.0. The SMILES string of the molecule is CCC[n+]1ccc(/C=C/C=C2\Sc3ccc(Cl)cc3N2CCO)c2ccccc21. The number of benzene rings is 2. The first-order chi connectivity index (χ1) is 14.2. The Hall–Kier alpha value is -2.27. The van der Waals surface area contributed by atoms with Crippen LogP contribution in [0.15, 0.2) is 76.8 Å². The number of β-amino-alcohol motifs (C(OH)–C–C–N with tert-alkyl or cyclic N) is 1. The van der Waals surface area contributed by atoms with E-state index >= 15 is 0 Å². The fourth-order valence-electron chi connectivity index (χ4n) is 3.65. The van der Waals surface area contributed by atoms with Crippen LogP contribution in [0.5, 0.6) is 0 Å². The normalized spacial score (nSPS) is 15.0. The van der Waals surface area contributed by atoms with Crippen molar-refractivity contribution in [1.82, 2.24) is 0 Å². The highest BCUT2D eigenvalue weighted by atomic mass is 35.5. The number of hydrogen-bond donors (Lipinski definition) is 1.